The van der Waals surface area contributed by atoms with Crippen LogP contribution in [0.25, 0.3) is 0 Å². The molecule has 2 heterocycles. The molecule has 2 N–H and O–H groups in total. The van der Waals surface area contributed by atoms with Gasteiger partial charge in [0.2, 0.25) is 0 Å². The molecular weight excluding hydrogens is 481 g/mol. The summed E-state index contributed by atoms with van der Waals surface area (Å²) in [6.07, 6.45) is 0.801. The quantitative estimate of drug-likeness (QED) is 0.353. The number of hydrogen-bond acceptors (Lipinski definition) is 4. The van der Waals surface area contributed by atoms with Crippen molar-refractivity contribution in [2.24, 2.45) is 12.0 Å². The summed E-state index contributed by atoms with van der Waals surface area (Å²) >= 11 is 0. The van der Waals surface area contributed by atoms with Gasteiger partial charge < -0.3 is 20.1 Å². The Morgan fingerprint density at radius 3 is 2.69 bits per heavy atom. The first kappa shape index (κ1) is 23.3. The molecule has 0 bridgehead atoms. The number of guanidine groups is 1. The summed E-state index contributed by atoms with van der Waals surface area (Å²) in [6, 6.07) is 7.97. The van der Waals surface area contributed by atoms with Crippen molar-refractivity contribution in [1.29, 1.82) is 0 Å². The van der Waals surface area contributed by atoms with Crippen LogP contribution in [0.1, 0.15) is 30.8 Å². The first-order valence-corrected chi connectivity index (χ1v) is 9.90. The van der Waals surface area contributed by atoms with Gasteiger partial charge in [-0.3, -0.25) is 4.68 Å². The molecule has 8 heteroatoms. The van der Waals surface area contributed by atoms with Gasteiger partial charge in [-0.1, -0.05) is 12.1 Å². The lowest BCUT2D eigenvalue weighted by Crippen LogP contribution is -2.44. The molecule has 2 unspecified atom stereocenters. The minimum absolute atomic E-state index is 0. The van der Waals surface area contributed by atoms with Gasteiger partial charge in [-0.2, -0.15) is 5.10 Å². The molecule has 2 atom stereocenters. The van der Waals surface area contributed by atoms with Crippen LogP contribution in [0.2, 0.25) is 0 Å². The minimum atomic E-state index is -0.0940. The van der Waals surface area contributed by atoms with Crippen LogP contribution >= 0.6 is 24.0 Å². The van der Waals surface area contributed by atoms with Gasteiger partial charge in [0.1, 0.15) is 6.61 Å². The summed E-state index contributed by atoms with van der Waals surface area (Å²) in [6.45, 7) is 10.2. The fourth-order valence-corrected chi connectivity index (χ4v) is 3.37. The molecule has 0 spiro atoms. The van der Waals surface area contributed by atoms with Crippen molar-refractivity contribution in [3.8, 4) is 11.5 Å². The van der Waals surface area contributed by atoms with Crippen LogP contribution in [-0.4, -0.2) is 47.6 Å². The van der Waals surface area contributed by atoms with E-state index in [4.69, 9.17) is 14.5 Å². The molecule has 1 aliphatic rings. The predicted octanol–water partition coefficient (Wildman–Crippen LogP) is 2.98. The Balaban J connectivity index is 0.00000300. The van der Waals surface area contributed by atoms with Crippen molar-refractivity contribution in [3.05, 3.63) is 41.2 Å². The van der Waals surface area contributed by atoms with Gasteiger partial charge in [0, 0.05) is 25.3 Å². The van der Waals surface area contributed by atoms with Gasteiger partial charge in [-0.15, -0.1) is 24.0 Å². The van der Waals surface area contributed by atoms with Crippen LogP contribution in [0, 0.1) is 13.8 Å². The number of nitrogens with zero attached hydrogens (tertiary/aromatic N) is 3. The zero-order chi connectivity index (χ0) is 20.1. The van der Waals surface area contributed by atoms with Crippen LogP contribution in [-0.2, 0) is 13.5 Å². The summed E-state index contributed by atoms with van der Waals surface area (Å²) in [5.74, 6) is 2.36. The van der Waals surface area contributed by atoms with Crippen LogP contribution in [0.15, 0.2) is 29.3 Å². The number of rotatable bonds is 6. The SMILES string of the molecule is CCNC(=NCC1COc2ccccc2O1)NC(C)Cc1c(C)nn(C)c1C.I. The minimum Gasteiger partial charge on any atom is -0.486 e. The topological polar surface area (TPSA) is 72.7 Å². The Hall–Kier alpha value is -1.97. The van der Waals surface area contributed by atoms with E-state index in [2.05, 4.69) is 43.4 Å². The third kappa shape index (κ3) is 6.01. The van der Waals surface area contributed by atoms with E-state index in [0.717, 1.165) is 36.1 Å². The van der Waals surface area contributed by atoms with Crippen LogP contribution in [0.4, 0.5) is 0 Å². The van der Waals surface area contributed by atoms with E-state index in [9.17, 15) is 0 Å². The Labute approximate surface area is 190 Å². The molecule has 0 saturated heterocycles. The van der Waals surface area contributed by atoms with E-state index in [0.29, 0.717) is 13.2 Å². The summed E-state index contributed by atoms with van der Waals surface area (Å²) in [4.78, 5) is 4.71. The number of aliphatic imine (C=N–C) groups is 1. The van der Waals surface area contributed by atoms with Crippen molar-refractivity contribution in [2.75, 3.05) is 19.7 Å². The van der Waals surface area contributed by atoms with Crippen molar-refractivity contribution in [2.45, 2.75) is 46.3 Å². The molecule has 0 radical (unpaired) electrons. The fourth-order valence-electron chi connectivity index (χ4n) is 3.37. The maximum absolute atomic E-state index is 6.00. The van der Waals surface area contributed by atoms with Gasteiger partial charge in [0.25, 0.3) is 0 Å². The highest BCUT2D eigenvalue weighted by molar-refractivity contribution is 14.0. The molecule has 0 aliphatic carbocycles. The fraction of sp³-hybridized carbons (Fsp3) is 0.524. The highest BCUT2D eigenvalue weighted by Gasteiger charge is 2.20. The van der Waals surface area contributed by atoms with E-state index >= 15 is 0 Å². The van der Waals surface area contributed by atoms with E-state index in [-0.39, 0.29) is 36.1 Å². The molecule has 7 nitrogen and oxygen atoms in total. The van der Waals surface area contributed by atoms with Crippen molar-refractivity contribution in [3.63, 3.8) is 0 Å². The standard InChI is InChI=1S/C21H31N5O2.HI/c1-6-22-21(24-14(2)11-18-15(3)25-26(5)16(18)4)23-12-17-13-27-19-9-7-8-10-20(19)28-17;/h7-10,14,17H,6,11-13H2,1-5H3,(H2,22,23,24);1H. The second kappa shape index (κ2) is 10.7. The van der Waals surface area contributed by atoms with Crippen LogP contribution in [0.5, 0.6) is 11.5 Å². The maximum Gasteiger partial charge on any atom is 0.191 e. The van der Waals surface area contributed by atoms with Crippen LogP contribution in [0.3, 0.4) is 0 Å². The van der Waals surface area contributed by atoms with Gasteiger partial charge in [-0.25, -0.2) is 4.99 Å². The Bertz CT molecular complexity index is 836. The van der Waals surface area contributed by atoms with Gasteiger partial charge in [0.15, 0.2) is 23.6 Å². The Kier molecular flexibility index (Phi) is 8.60. The monoisotopic (exact) mass is 513 g/mol. The van der Waals surface area contributed by atoms with Gasteiger partial charge in [0.05, 0.1) is 12.2 Å². The number of benzene rings is 1. The number of halogens is 1. The summed E-state index contributed by atoms with van der Waals surface area (Å²) < 4.78 is 13.7. The lowest BCUT2D eigenvalue weighted by molar-refractivity contribution is 0.0971. The molecule has 0 fully saturated rings. The molecule has 0 amide bonds. The number of fused-ring (bicyclic) bond motifs is 1. The summed E-state index contributed by atoms with van der Waals surface area (Å²) in [5.41, 5.74) is 3.58. The van der Waals surface area contributed by atoms with Crippen molar-refractivity contribution < 1.29 is 9.47 Å². The second-order valence-electron chi connectivity index (χ2n) is 7.24. The Morgan fingerprint density at radius 1 is 1.31 bits per heavy atom. The van der Waals surface area contributed by atoms with E-state index in [1.807, 2.05) is 36.0 Å². The van der Waals surface area contributed by atoms with Crippen molar-refractivity contribution >= 4 is 29.9 Å². The number of aryl methyl sites for hydroxylation is 2. The first-order valence-electron chi connectivity index (χ1n) is 9.90. The van der Waals surface area contributed by atoms with E-state index in [1.54, 1.807) is 0 Å². The number of para-hydroxylation sites is 2. The lowest BCUT2D eigenvalue weighted by Gasteiger charge is -2.26. The zero-order valence-electron chi connectivity index (χ0n) is 17.9. The normalized spacial score (nSPS) is 16.7. The molecule has 1 aromatic carbocycles. The average molecular weight is 513 g/mol. The maximum atomic E-state index is 6.00. The van der Waals surface area contributed by atoms with Crippen LogP contribution < -0.4 is 20.1 Å². The molecule has 29 heavy (non-hydrogen) atoms. The summed E-state index contributed by atoms with van der Waals surface area (Å²) in [5, 5.41) is 11.3. The smallest absolute Gasteiger partial charge is 0.191 e. The van der Waals surface area contributed by atoms with Gasteiger partial charge in [-0.05, 0) is 51.8 Å². The second-order valence-corrected chi connectivity index (χ2v) is 7.24. The first-order chi connectivity index (χ1) is 13.5. The third-order valence-electron chi connectivity index (χ3n) is 4.92. The largest absolute Gasteiger partial charge is 0.486 e. The molecular formula is C21H32IN5O2. The molecule has 2 aromatic rings. The molecule has 1 aliphatic heterocycles. The highest BCUT2D eigenvalue weighted by Crippen LogP contribution is 2.30. The number of hydrogen-bond donors (Lipinski definition) is 2. The van der Waals surface area contributed by atoms with Crippen molar-refractivity contribution in [1.82, 2.24) is 20.4 Å². The van der Waals surface area contributed by atoms with E-state index in [1.165, 1.54) is 11.3 Å². The summed E-state index contributed by atoms with van der Waals surface area (Å²) in [7, 11) is 1.99. The third-order valence-corrected chi connectivity index (χ3v) is 4.92. The molecule has 3 rings (SSSR count). The predicted molar refractivity (Wildman–Crippen MR) is 127 cm³/mol. The number of ether oxygens (including phenoxy) is 2. The molecule has 1 aromatic heterocycles. The van der Waals surface area contributed by atoms with E-state index < -0.39 is 0 Å². The average Bonchev–Trinajstić information content (AvgIpc) is 2.92. The van der Waals surface area contributed by atoms with Gasteiger partial charge >= 0.3 is 0 Å². The Morgan fingerprint density at radius 2 is 2.03 bits per heavy atom. The molecule has 160 valence electrons. The highest BCUT2D eigenvalue weighted by atomic mass is 127. The number of nitrogens with one attached hydrogen (secondary N) is 2. The number of aromatic nitrogens is 2. The molecule has 0 saturated carbocycles. The lowest BCUT2D eigenvalue weighted by atomic mass is 10.1. The zero-order valence-corrected chi connectivity index (χ0v) is 20.2.